The van der Waals surface area contributed by atoms with Crippen molar-refractivity contribution in [2.45, 2.75) is 58.7 Å². The van der Waals surface area contributed by atoms with E-state index in [2.05, 4.69) is 22.2 Å². The fraction of sp³-hybridized carbons (Fsp3) is 0.647. The van der Waals surface area contributed by atoms with Crippen molar-refractivity contribution in [3.8, 4) is 0 Å². The van der Waals surface area contributed by atoms with Crippen LogP contribution in [0.15, 0.2) is 18.3 Å². The van der Waals surface area contributed by atoms with E-state index in [0.29, 0.717) is 19.6 Å². The summed E-state index contributed by atoms with van der Waals surface area (Å²) in [5.41, 5.74) is 0.592. The molecular weight excluding hydrogens is 322 g/mol. The molecule has 0 aromatic carbocycles. The van der Waals surface area contributed by atoms with E-state index in [1.54, 1.807) is 15.8 Å². The number of nitrogens with one attached hydrogen (secondary N) is 1. The Balaban J connectivity index is 1.96. The van der Waals surface area contributed by atoms with Crippen LogP contribution in [0.5, 0.6) is 0 Å². The summed E-state index contributed by atoms with van der Waals surface area (Å²) in [6.07, 6.45) is 3.08. The number of ether oxygens (including phenoxy) is 1. The van der Waals surface area contributed by atoms with Crippen LogP contribution in [0.4, 0.5) is 4.79 Å². The van der Waals surface area contributed by atoms with Crippen LogP contribution in [0.1, 0.15) is 51.0 Å². The summed E-state index contributed by atoms with van der Waals surface area (Å²) in [6, 6.07) is -0.0112. The summed E-state index contributed by atoms with van der Waals surface area (Å²) in [4.78, 5) is 26.0. The quantitative estimate of drug-likeness (QED) is 0.821. The van der Waals surface area contributed by atoms with Crippen LogP contribution in [0.3, 0.4) is 0 Å². The fourth-order valence-corrected chi connectivity index (χ4v) is 2.62. The highest BCUT2D eigenvalue weighted by atomic mass is 16.6. The molecule has 0 spiro atoms. The topological polar surface area (TPSA) is 89.4 Å². The standard InChI is InChI=1S/C17H27N5O3/c1-12(2)9-18-15(23)14-11-21(20-19-14)10-13-7-6-8-22(13)16(24)25-17(3,4)5/h11,13H,1,6-10H2,2-5H3,(H,18,23)/t13-/m1/s1. The molecule has 0 bridgehead atoms. The normalized spacial score (nSPS) is 17.4. The number of nitrogens with zero attached hydrogens (tertiary/aromatic N) is 4. The number of hydrogen-bond acceptors (Lipinski definition) is 5. The zero-order chi connectivity index (χ0) is 18.6. The van der Waals surface area contributed by atoms with Gasteiger partial charge in [0, 0.05) is 13.1 Å². The van der Waals surface area contributed by atoms with E-state index in [9.17, 15) is 9.59 Å². The maximum Gasteiger partial charge on any atom is 0.410 e. The number of carbonyl (C=O) groups is 2. The van der Waals surface area contributed by atoms with Gasteiger partial charge in [0.1, 0.15) is 5.60 Å². The molecule has 1 atom stereocenters. The van der Waals surface area contributed by atoms with Gasteiger partial charge in [-0.3, -0.25) is 4.79 Å². The van der Waals surface area contributed by atoms with Crippen LogP contribution < -0.4 is 5.32 Å². The number of carbonyl (C=O) groups excluding carboxylic acids is 2. The molecule has 2 rings (SSSR count). The van der Waals surface area contributed by atoms with Gasteiger partial charge in [-0.1, -0.05) is 17.4 Å². The van der Waals surface area contributed by atoms with Gasteiger partial charge in [0.2, 0.25) is 0 Å². The molecule has 0 saturated carbocycles. The smallest absolute Gasteiger partial charge is 0.410 e. The third-order valence-corrected chi connectivity index (χ3v) is 3.72. The lowest BCUT2D eigenvalue weighted by atomic mass is 10.2. The second kappa shape index (κ2) is 7.67. The minimum atomic E-state index is -0.522. The Morgan fingerprint density at radius 3 is 2.80 bits per heavy atom. The van der Waals surface area contributed by atoms with Crippen molar-refractivity contribution in [3.05, 3.63) is 24.0 Å². The SMILES string of the molecule is C=C(C)CNC(=O)c1cn(C[C@H]2CCCN2C(=O)OC(C)(C)C)nn1. The van der Waals surface area contributed by atoms with Crippen molar-refractivity contribution < 1.29 is 14.3 Å². The average molecular weight is 349 g/mol. The molecule has 8 heteroatoms. The lowest BCUT2D eigenvalue weighted by Gasteiger charge is -2.28. The van der Waals surface area contributed by atoms with Crippen molar-refractivity contribution >= 4 is 12.0 Å². The Bertz CT molecular complexity index is 647. The number of rotatable bonds is 5. The molecule has 0 unspecified atom stereocenters. The molecule has 0 radical (unpaired) electrons. The highest BCUT2D eigenvalue weighted by molar-refractivity contribution is 5.91. The van der Waals surface area contributed by atoms with E-state index in [4.69, 9.17) is 4.74 Å². The molecule has 1 N–H and O–H groups in total. The van der Waals surface area contributed by atoms with E-state index < -0.39 is 5.60 Å². The van der Waals surface area contributed by atoms with E-state index in [-0.39, 0.29) is 23.7 Å². The molecule has 1 aromatic heterocycles. The van der Waals surface area contributed by atoms with Gasteiger partial charge >= 0.3 is 6.09 Å². The summed E-state index contributed by atoms with van der Waals surface area (Å²) in [5, 5.41) is 10.6. The van der Waals surface area contributed by atoms with Crippen molar-refractivity contribution in [1.82, 2.24) is 25.2 Å². The van der Waals surface area contributed by atoms with Crippen LogP contribution in [0.2, 0.25) is 0 Å². The number of likely N-dealkylation sites (tertiary alicyclic amines) is 1. The highest BCUT2D eigenvalue weighted by Crippen LogP contribution is 2.21. The summed E-state index contributed by atoms with van der Waals surface area (Å²) < 4.78 is 7.06. The van der Waals surface area contributed by atoms with E-state index in [1.807, 2.05) is 27.7 Å². The third kappa shape index (κ3) is 5.58. The van der Waals surface area contributed by atoms with Crippen molar-refractivity contribution in [2.24, 2.45) is 0 Å². The maximum absolute atomic E-state index is 12.3. The minimum Gasteiger partial charge on any atom is -0.444 e. The Labute approximate surface area is 148 Å². The molecule has 1 aliphatic heterocycles. The molecule has 1 aromatic rings. The maximum atomic E-state index is 12.3. The van der Waals surface area contributed by atoms with Gasteiger partial charge in [0.05, 0.1) is 18.8 Å². The molecule has 0 aliphatic carbocycles. The van der Waals surface area contributed by atoms with Gasteiger partial charge in [-0.25, -0.2) is 9.48 Å². The predicted molar refractivity (Wildman–Crippen MR) is 93.1 cm³/mol. The average Bonchev–Trinajstić information content (AvgIpc) is 3.12. The Hall–Kier alpha value is -2.38. The minimum absolute atomic E-state index is 0.0112. The highest BCUT2D eigenvalue weighted by Gasteiger charge is 2.32. The first-order chi connectivity index (χ1) is 11.7. The van der Waals surface area contributed by atoms with Crippen LogP contribution >= 0.6 is 0 Å². The van der Waals surface area contributed by atoms with E-state index in [1.165, 1.54) is 0 Å². The number of hydrogen-bond donors (Lipinski definition) is 1. The first kappa shape index (κ1) is 19.0. The molecule has 1 fully saturated rings. The van der Waals surface area contributed by atoms with Gasteiger partial charge in [-0.15, -0.1) is 5.10 Å². The Morgan fingerprint density at radius 1 is 1.44 bits per heavy atom. The summed E-state index contributed by atoms with van der Waals surface area (Å²) in [7, 11) is 0. The van der Waals surface area contributed by atoms with Crippen LogP contribution in [0, 0.1) is 0 Å². The zero-order valence-corrected chi connectivity index (χ0v) is 15.4. The summed E-state index contributed by atoms with van der Waals surface area (Å²) >= 11 is 0. The van der Waals surface area contributed by atoms with Crippen LogP contribution in [-0.4, -0.2) is 56.6 Å². The first-order valence-corrected chi connectivity index (χ1v) is 8.48. The van der Waals surface area contributed by atoms with Crippen LogP contribution in [-0.2, 0) is 11.3 Å². The molecule has 1 aliphatic rings. The molecule has 2 heterocycles. The fourth-order valence-electron chi connectivity index (χ4n) is 2.62. The second-order valence-electron chi connectivity index (χ2n) is 7.44. The lowest BCUT2D eigenvalue weighted by Crippen LogP contribution is -2.41. The largest absolute Gasteiger partial charge is 0.444 e. The van der Waals surface area contributed by atoms with Crippen molar-refractivity contribution in [3.63, 3.8) is 0 Å². The van der Waals surface area contributed by atoms with E-state index in [0.717, 1.165) is 18.4 Å². The molecule has 1 saturated heterocycles. The second-order valence-corrected chi connectivity index (χ2v) is 7.44. The van der Waals surface area contributed by atoms with Gasteiger partial charge in [-0.2, -0.15) is 0 Å². The molecule has 138 valence electrons. The number of aromatic nitrogens is 3. The van der Waals surface area contributed by atoms with E-state index >= 15 is 0 Å². The van der Waals surface area contributed by atoms with Gasteiger partial charge in [0.25, 0.3) is 5.91 Å². The molecule has 2 amide bonds. The number of amides is 2. The zero-order valence-electron chi connectivity index (χ0n) is 15.4. The predicted octanol–water partition coefficient (Wildman–Crippen LogP) is 1.98. The molecular formula is C17H27N5O3. The van der Waals surface area contributed by atoms with Crippen molar-refractivity contribution in [2.75, 3.05) is 13.1 Å². The Kier molecular flexibility index (Phi) is 5.81. The monoisotopic (exact) mass is 349 g/mol. The van der Waals surface area contributed by atoms with Crippen molar-refractivity contribution in [1.29, 1.82) is 0 Å². The van der Waals surface area contributed by atoms with Crippen LogP contribution in [0.25, 0.3) is 0 Å². The van der Waals surface area contributed by atoms with Gasteiger partial charge in [0.15, 0.2) is 5.69 Å². The summed E-state index contributed by atoms with van der Waals surface area (Å²) in [5.74, 6) is -0.287. The first-order valence-electron chi connectivity index (χ1n) is 8.48. The summed E-state index contributed by atoms with van der Waals surface area (Å²) in [6.45, 7) is 12.7. The molecule has 8 nitrogen and oxygen atoms in total. The third-order valence-electron chi connectivity index (χ3n) is 3.72. The molecule has 25 heavy (non-hydrogen) atoms. The van der Waals surface area contributed by atoms with Gasteiger partial charge < -0.3 is 15.0 Å². The Morgan fingerprint density at radius 2 is 2.16 bits per heavy atom. The van der Waals surface area contributed by atoms with Gasteiger partial charge in [-0.05, 0) is 40.5 Å². The lowest BCUT2D eigenvalue weighted by molar-refractivity contribution is 0.0211.